The second kappa shape index (κ2) is 6.66. The van der Waals surface area contributed by atoms with E-state index in [1.54, 1.807) is 0 Å². The average molecular weight is 338 g/mol. The zero-order chi connectivity index (χ0) is 17.2. The molecule has 25 heavy (non-hydrogen) atoms. The van der Waals surface area contributed by atoms with Crippen LogP contribution in [0.5, 0.6) is 0 Å². The molecular formula is C18H22N6O. The largest absolute Gasteiger partial charge is 0.360 e. The third kappa shape index (κ3) is 3.14. The molecule has 0 atom stereocenters. The van der Waals surface area contributed by atoms with Crippen LogP contribution in [0.15, 0.2) is 30.5 Å². The summed E-state index contributed by atoms with van der Waals surface area (Å²) in [5.74, 6) is 0.570. The summed E-state index contributed by atoms with van der Waals surface area (Å²) in [7, 11) is 1.88. The number of amides is 1. The zero-order valence-electron chi connectivity index (χ0n) is 14.4. The van der Waals surface area contributed by atoms with Crippen LogP contribution in [0.2, 0.25) is 0 Å². The van der Waals surface area contributed by atoms with Crippen LogP contribution >= 0.6 is 0 Å². The number of hydrogen-bond acceptors (Lipinski definition) is 4. The van der Waals surface area contributed by atoms with Gasteiger partial charge in [0.25, 0.3) is 0 Å². The van der Waals surface area contributed by atoms with Crippen LogP contribution in [-0.4, -0.2) is 49.1 Å². The second-order valence-electron chi connectivity index (χ2n) is 6.69. The minimum atomic E-state index is 0.0368. The van der Waals surface area contributed by atoms with E-state index >= 15 is 0 Å². The number of carbonyl (C=O) groups excluding carboxylic acids is 1. The van der Waals surface area contributed by atoms with Gasteiger partial charge in [-0.05, 0) is 24.1 Å². The van der Waals surface area contributed by atoms with Crippen molar-refractivity contribution in [1.82, 2.24) is 30.1 Å². The number of aromatic amines is 1. The first-order valence-electron chi connectivity index (χ1n) is 8.82. The van der Waals surface area contributed by atoms with Crippen molar-refractivity contribution in [3.8, 4) is 11.4 Å². The molecule has 1 aliphatic carbocycles. The van der Waals surface area contributed by atoms with Gasteiger partial charge < -0.3 is 9.88 Å². The van der Waals surface area contributed by atoms with E-state index in [-0.39, 0.29) is 12.5 Å². The summed E-state index contributed by atoms with van der Waals surface area (Å²) in [6.45, 7) is 0.127. The first kappa shape index (κ1) is 15.8. The molecule has 1 aliphatic rings. The Morgan fingerprint density at radius 2 is 2.08 bits per heavy atom. The molecule has 0 bridgehead atoms. The fourth-order valence-corrected chi connectivity index (χ4v) is 3.58. The van der Waals surface area contributed by atoms with Gasteiger partial charge in [0.1, 0.15) is 6.54 Å². The predicted octanol–water partition coefficient (Wildman–Crippen LogP) is 2.61. The van der Waals surface area contributed by atoms with Gasteiger partial charge in [-0.1, -0.05) is 37.5 Å². The zero-order valence-corrected chi connectivity index (χ0v) is 14.4. The molecule has 1 N–H and O–H groups in total. The predicted molar refractivity (Wildman–Crippen MR) is 94.8 cm³/mol. The fraction of sp³-hybridized carbons (Fsp3) is 0.444. The lowest BCUT2D eigenvalue weighted by molar-refractivity contribution is -0.133. The Balaban J connectivity index is 1.48. The molecule has 1 fully saturated rings. The van der Waals surface area contributed by atoms with E-state index in [4.69, 9.17) is 0 Å². The van der Waals surface area contributed by atoms with Crippen LogP contribution in [0, 0.1) is 0 Å². The number of fused-ring (bicyclic) bond motifs is 1. The van der Waals surface area contributed by atoms with Crippen LogP contribution in [-0.2, 0) is 11.3 Å². The number of nitrogens with one attached hydrogen (secondary N) is 1. The third-order valence-electron chi connectivity index (χ3n) is 5.08. The van der Waals surface area contributed by atoms with Crippen molar-refractivity contribution in [2.24, 2.45) is 0 Å². The molecule has 0 aliphatic heterocycles. The molecule has 3 aromatic rings. The van der Waals surface area contributed by atoms with Gasteiger partial charge >= 0.3 is 0 Å². The standard InChI is InChI=1S/C18H22N6O/c1-23(13-7-3-2-4-8-13)17(25)12-24-21-18(20-22-24)15-11-19-16-10-6-5-9-14(15)16/h5-6,9-11,13,19H,2-4,7-8,12H2,1H3. The number of H-pyrrole nitrogens is 1. The monoisotopic (exact) mass is 338 g/mol. The highest BCUT2D eigenvalue weighted by Gasteiger charge is 2.23. The summed E-state index contributed by atoms with van der Waals surface area (Å²) in [5.41, 5.74) is 1.93. The van der Waals surface area contributed by atoms with E-state index in [0.29, 0.717) is 11.9 Å². The molecule has 130 valence electrons. The normalized spacial score (nSPS) is 15.6. The number of tetrazole rings is 1. The molecule has 7 nitrogen and oxygen atoms in total. The summed E-state index contributed by atoms with van der Waals surface area (Å²) < 4.78 is 0. The lowest BCUT2D eigenvalue weighted by Crippen LogP contribution is -2.40. The molecule has 2 aromatic heterocycles. The Morgan fingerprint density at radius 1 is 1.28 bits per heavy atom. The number of nitrogens with zero attached hydrogens (tertiary/aromatic N) is 5. The first-order chi connectivity index (χ1) is 12.2. The molecule has 0 saturated heterocycles. The molecule has 2 heterocycles. The van der Waals surface area contributed by atoms with Crippen LogP contribution in [0.1, 0.15) is 32.1 Å². The van der Waals surface area contributed by atoms with Gasteiger partial charge in [-0.3, -0.25) is 4.79 Å². The van der Waals surface area contributed by atoms with Crippen molar-refractivity contribution in [2.75, 3.05) is 7.05 Å². The van der Waals surface area contributed by atoms with E-state index in [1.165, 1.54) is 24.1 Å². The number of para-hydroxylation sites is 1. The number of benzene rings is 1. The van der Waals surface area contributed by atoms with Gasteiger partial charge in [0.05, 0.1) is 0 Å². The molecule has 0 spiro atoms. The Hall–Kier alpha value is -2.70. The van der Waals surface area contributed by atoms with Crippen LogP contribution in [0.3, 0.4) is 0 Å². The topological polar surface area (TPSA) is 79.7 Å². The molecule has 7 heteroatoms. The fourth-order valence-electron chi connectivity index (χ4n) is 3.58. The summed E-state index contributed by atoms with van der Waals surface area (Å²) in [6.07, 6.45) is 7.74. The summed E-state index contributed by atoms with van der Waals surface area (Å²) in [4.78, 5) is 19.0. The number of carbonyl (C=O) groups is 1. The van der Waals surface area contributed by atoms with Crippen molar-refractivity contribution in [3.63, 3.8) is 0 Å². The molecule has 1 aromatic carbocycles. The molecule has 1 saturated carbocycles. The Labute approximate surface area is 146 Å². The maximum absolute atomic E-state index is 12.5. The SMILES string of the molecule is CN(C(=O)Cn1nnc(-c2c[nH]c3ccccc23)n1)C1CCCCC1. The lowest BCUT2D eigenvalue weighted by Gasteiger charge is -2.31. The minimum Gasteiger partial charge on any atom is -0.360 e. The van der Waals surface area contributed by atoms with Gasteiger partial charge in [0, 0.05) is 35.8 Å². The van der Waals surface area contributed by atoms with E-state index < -0.39 is 0 Å². The van der Waals surface area contributed by atoms with Gasteiger partial charge in [-0.2, -0.15) is 4.80 Å². The maximum Gasteiger partial charge on any atom is 0.246 e. The van der Waals surface area contributed by atoms with Gasteiger partial charge in [0.15, 0.2) is 0 Å². The van der Waals surface area contributed by atoms with Crippen LogP contribution < -0.4 is 0 Å². The average Bonchev–Trinajstić information content (AvgIpc) is 3.28. The third-order valence-corrected chi connectivity index (χ3v) is 5.08. The second-order valence-corrected chi connectivity index (χ2v) is 6.69. The number of rotatable bonds is 4. The van der Waals surface area contributed by atoms with Crippen LogP contribution in [0.4, 0.5) is 0 Å². The van der Waals surface area contributed by atoms with Crippen molar-refractivity contribution < 1.29 is 4.79 Å². The maximum atomic E-state index is 12.5. The molecular weight excluding hydrogens is 316 g/mol. The van der Waals surface area contributed by atoms with Crippen LogP contribution in [0.25, 0.3) is 22.3 Å². The summed E-state index contributed by atoms with van der Waals surface area (Å²) >= 11 is 0. The number of aromatic nitrogens is 5. The molecule has 0 unspecified atom stereocenters. The van der Waals surface area contributed by atoms with Crippen molar-refractivity contribution >= 4 is 16.8 Å². The first-order valence-corrected chi connectivity index (χ1v) is 8.82. The van der Waals surface area contributed by atoms with Gasteiger partial charge in [-0.15, -0.1) is 10.2 Å². The Bertz CT molecular complexity index is 876. The van der Waals surface area contributed by atoms with Crippen molar-refractivity contribution in [1.29, 1.82) is 0 Å². The summed E-state index contributed by atoms with van der Waals surface area (Å²) in [6, 6.07) is 8.33. The smallest absolute Gasteiger partial charge is 0.246 e. The van der Waals surface area contributed by atoms with Crippen molar-refractivity contribution in [2.45, 2.75) is 44.7 Å². The molecule has 1 amide bonds. The van der Waals surface area contributed by atoms with Crippen molar-refractivity contribution in [3.05, 3.63) is 30.5 Å². The molecule has 4 rings (SSSR count). The van der Waals surface area contributed by atoms with E-state index in [2.05, 4.69) is 20.4 Å². The molecule has 0 radical (unpaired) electrons. The van der Waals surface area contributed by atoms with Gasteiger partial charge in [-0.25, -0.2) is 0 Å². The lowest BCUT2D eigenvalue weighted by atomic mass is 9.94. The highest BCUT2D eigenvalue weighted by molar-refractivity contribution is 5.93. The number of hydrogen-bond donors (Lipinski definition) is 1. The summed E-state index contributed by atoms with van der Waals surface area (Å²) in [5, 5.41) is 13.6. The minimum absolute atomic E-state index is 0.0368. The van der Waals surface area contributed by atoms with E-state index in [1.807, 2.05) is 42.4 Å². The highest BCUT2D eigenvalue weighted by atomic mass is 16.2. The Morgan fingerprint density at radius 3 is 2.92 bits per heavy atom. The van der Waals surface area contributed by atoms with E-state index in [9.17, 15) is 4.79 Å². The Kier molecular flexibility index (Phi) is 4.21. The van der Waals surface area contributed by atoms with Gasteiger partial charge in [0.2, 0.25) is 11.7 Å². The highest BCUT2D eigenvalue weighted by Crippen LogP contribution is 2.25. The number of likely N-dealkylation sites (N-methyl/N-ethyl adjacent to an activating group) is 1. The quantitative estimate of drug-likeness (QED) is 0.793. The van der Waals surface area contributed by atoms with E-state index in [0.717, 1.165) is 29.3 Å².